The van der Waals surface area contributed by atoms with Crippen LogP contribution in [-0.2, 0) is 4.74 Å². The van der Waals surface area contributed by atoms with Crippen molar-refractivity contribution in [2.75, 3.05) is 24.6 Å². The lowest BCUT2D eigenvalue weighted by atomic mass is 10.1. The summed E-state index contributed by atoms with van der Waals surface area (Å²) in [6.07, 6.45) is 0. The smallest absolute Gasteiger partial charge is 0.218 e. The van der Waals surface area contributed by atoms with Crippen LogP contribution < -0.4 is 4.90 Å². The molecule has 0 amide bonds. The Morgan fingerprint density at radius 1 is 1.22 bits per heavy atom. The summed E-state index contributed by atoms with van der Waals surface area (Å²) in [7, 11) is 0. The first-order valence-corrected chi connectivity index (χ1v) is 6.64. The number of hydrogen-bond acceptors (Lipinski definition) is 3. The predicted octanol–water partition coefficient (Wildman–Crippen LogP) is 3.09. The van der Waals surface area contributed by atoms with Gasteiger partial charge in [-0.05, 0) is 39.8 Å². The van der Waals surface area contributed by atoms with Crippen molar-refractivity contribution in [1.82, 2.24) is 0 Å². The van der Waals surface area contributed by atoms with Crippen molar-refractivity contribution in [2.24, 2.45) is 4.99 Å². The van der Waals surface area contributed by atoms with E-state index >= 15 is 0 Å². The van der Waals surface area contributed by atoms with Crippen LogP contribution in [-0.4, -0.2) is 31.1 Å². The molecule has 0 unspecified atom stereocenters. The fourth-order valence-corrected chi connectivity index (χ4v) is 2.22. The van der Waals surface area contributed by atoms with E-state index in [1.807, 2.05) is 6.07 Å². The lowest BCUT2D eigenvalue weighted by Crippen LogP contribution is -2.24. The second-order valence-corrected chi connectivity index (χ2v) is 5.21. The van der Waals surface area contributed by atoms with Crippen LogP contribution in [0.1, 0.15) is 33.3 Å². The number of anilines is 1. The van der Waals surface area contributed by atoms with Crippen LogP contribution in [0, 0.1) is 0 Å². The molecule has 0 aliphatic carbocycles. The van der Waals surface area contributed by atoms with E-state index in [0.717, 1.165) is 24.6 Å². The van der Waals surface area contributed by atoms with E-state index in [-0.39, 0.29) is 5.54 Å². The minimum atomic E-state index is -0.105. The van der Waals surface area contributed by atoms with Crippen LogP contribution in [0.3, 0.4) is 0 Å². The average Bonchev–Trinajstić information content (AvgIpc) is 2.72. The molecule has 0 saturated carbocycles. The Kier molecular flexibility index (Phi) is 3.60. The van der Waals surface area contributed by atoms with Crippen molar-refractivity contribution in [1.29, 1.82) is 0 Å². The highest BCUT2D eigenvalue weighted by Crippen LogP contribution is 2.27. The Morgan fingerprint density at radius 2 is 1.89 bits per heavy atom. The van der Waals surface area contributed by atoms with E-state index in [9.17, 15) is 0 Å². The standard InChI is InChI=1S/C15H22N2O/c1-5-17(6-2)13-10-8-7-9-12(13)14-16-15(3,4)11-18-14/h7-10H,5-6,11H2,1-4H3. The monoisotopic (exact) mass is 246 g/mol. The molecule has 1 aromatic carbocycles. The van der Waals surface area contributed by atoms with Gasteiger partial charge in [-0.25, -0.2) is 4.99 Å². The van der Waals surface area contributed by atoms with Gasteiger partial charge in [-0.3, -0.25) is 0 Å². The first-order valence-electron chi connectivity index (χ1n) is 6.64. The molecule has 1 aromatic rings. The molecular formula is C15H22N2O. The maximum Gasteiger partial charge on any atom is 0.218 e. The van der Waals surface area contributed by atoms with Gasteiger partial charge in [0.15, 0.2) is 0 Å². The molecule has 0 spiro atoms. The number of nitrogens with zero attached hydrogens (tertiary/aromatic N) is 2. The molecule has 3 heteroatoms. The molecule has 2 rings (SSSR count). The maximum absolute atomic E-state index is 5.76. The van der Waals surface area contributed by atoms with E-state index in [1.165, 1.54) is 5.69 Å². The number of rotatable bonds is 4. The Morgan fingerprint density at radius 3 is 2.44 bits per heavy atom. The summed E-state index contributed by atoms with van der Waals surface area (Å²) in [6.45, 7) is 11.2. The van der Waals surface area contributed by atoms with Crippen molar-refractivity contribution in [3.05, 3.63) is 29.8 Å². The highest BCUT2D eigenvalue weighted by Gasteiger charge is 2.28. The Hall–Kier alpha value is -1.51. The molecule has 1 aliphatic heterocycles. The zero-order valence-corrected chi connectivity index (χ0v) is 11.7. The quantitative estimate of drug-likeness (QED) is 0.815. The van der Waals surface area contributed by atoms with E-state index in [2.05, 4.69) is 55.8 Å². The molecule has 0 radical (unpaired) electrons. The average molecular weight is 246 g/mol. The number of hydrogen-bond donors (Lipinski definition) is 0. The third-order valence-corrected chi connectivity index (χ3v) is 3.20. The van der Waals surface area contributed by atoms with E-state index in [4.69, 9.17) is 4.74 Å². The van der Waals surface area contributed by atoms with Crippen molar-refractivity contribution in [3.8, 4) is 0 Å². The van der Waals surface area contributed by atoms with E-state index in [1.54, 1.807) is 0 Å². The van der Waals surface area contributed by atoms with Gasteiger partial charge < -0.3 is 9.64 Å². The Bertz CT molecular complexity index is 448. The Balaban J connectivity index is 2.40. The number of para-hydroxylation sites is 1. The Labute approximate surface area is 109 Å². The molecule has 0 N–H and O–H groups in total. The van der Waals surface area contributed by atoms with Gasteiger partial charge in [-0.15, -0.1) is 0 Å². The van der Waals surface area contributed by atoms with Crippen LogP contribution in [0.15, 0.2) is 29.3 Å². The van der Waals surface area contributed by atoms with Crippen molar-refractivity contribution >= 4 is 11.6 Å². The van der Waals surface area contributed by atoms with Crippen LogP contribution in [0.4, 0.5) is 5.69 Å². The van der Waals surface area contributed by atoms with E-state index in [0.29, 0.717) is 6.61 Å². The van der Waals surface area contributed by atoms with Crippen molar-refractivity contribution < 1.29 is 4.74 Å². The van der Waals surface area contributed by atoms with Gasteiger partial charge in [0, 0.05) is 18.8 Å². The van der Waals surface area contributed by atoms with Crippen LogP contribution >= 0.6 is 0 Å². The first kappa shape index (κ1) is 12.9. The molecule has 98 valence electrons. The lowest BCUT2D eigenvalue weighted by molar-refractivity contribution is 0.279. The van der Waals surface area contributed by atoms with Crippen LogP contribution in [0.2, 0.25) is 0 Å². The van der Waals surface area contributed by atoms with Gasteiger partial charge in [-0.1, -0.05) is 12.1 Å². The van der Waals surface area contributed by atoms with Gasteiger partial charge in [0.1, 0.15) is 6.61 Å². The molecule has 0 saturated heterocycles. The van der Waals surface area contributed by atoms with Crippen LogP contribution in [0.25, 0.3) is 0 Å². The largest absolute Gasteiger partial charge is 0.475 e. The summed E-state index contributed by atoms with van der Waals surface area (Å²) in [6, 6.07) is 8.34. The third-order valence-electron chi connectivity index (χ3n) is 3.20. The second kappa shape index (κ2) is 5.01. The highest BCUT2D eigenvalue weighted by atomic mass is 16.5. The van der Waals surface area contributed by atoms with Gasteiger partial charge in [-0.2, -0.15) is 0 Å². The maximum atomic E-state index is 5.76. The molecule has 0 atom stereocenters. The van der Waals surface area contributed by atoms with Crippen molar-refractivity contribution in [2.45, 2.75) is 33.2 Å². The molecular weight excluding hydrogens is 224 g/mol. The van der Waals surface area contributed by atoms with Crippen molar-refractivity contribution in [3.63, 3.8) is 0 Å². The first-order chi connectivity index (χ1) is 8.57. The van der Waals surface area contributed by atoms with Crippen LogP contribution in [0.5, 0.6) is 0 Å². The second-order valence-electron chi connectivity index (χ2n) is 5.21. The lowest BCUT2D eigenvalue weighted by Gasteiger charge is -2.23. The molecule has 1 heterocycles. The summed E-state index contributed by atoms with van der Waals surface area (Å²) < 4.78 is 5.76. The number of ether oxygens (including phenoxy) is 1. The molecule has 0 bridgehead atoms. The number of aliphatic imine (C=N–C) groups is 1. The minimum Gasteiger partial charge on any atom is -0.475 e. The molecule has 18 heavy (non-hydrogen) atoms. The fourth-order valence-electron chi connectivity index (χ4n) is 2.22. The zero-order chi connectivity index (χ0) is 13.2. The molecule has 3 nitrogen and oxygen atoms in total. The summed E-state index contributed by atoms with van der Waals surface area (Å²) >= 11 is 0. The third kappa shape index (κ3) is 2.50. The minimum absolute atomic E-state index is 0.105. The summed E-state index contributed by atoms with van der Waals surface area (Å²) in [4.78, 5) is 7.00. The van der Waals surface area contributed by atoms with E-state index < -0.39 is 0 Å². The van der Waals surface area contributed by atoms with Gasteiger partial charge in [0.25, 0.3) is 0 Å². The topological polar surface area (TPSA) is 24.8 Å². The van der Waals surface area contributed by atoms with Gasteiger partial charge >= 0.3 is 0 Å². The summed E-state index contributed by atoms with van der Waals surface area (Å²) in [5, 5.41) is 0. The fraction of sp³-hybridized carbons (Fsp3) is 0.533. The zero-order valence-electron chi connectivity index (χ0n) is 11.7. The highest BCUT2D eigenvalue weighted by molar-refractivity contribution is 6.00. The van der Waals surface area contributed by atoms with Gasteiger partial charge in [0.2, 0.25) is 5.90 Å². The predicted molar refractivity (Wildman–Crippen MR) is 76.6 cm³/mol. The number of benzene rings is 1. The SMILES string of the molecule is CCN(CC)c1ccccc1C1=NC(C)(C)CO1. The molecule has 0 fully saturated rings. The normalized spacial score (nSPS) is 17.2. The molecule has 1 aliphatic rings. The summed E-state index contributed by atoms with van der Waals surface area (Å²) in [5.41, 5.74) is 2.21. The van der Waals surface area contributed by atoms with Gasteiger partial charge in [0.05, 0.1) is 11.1 Å². The summed E-state index contributed by atoms with van der Waals surface area (Å²) in [5.74, 6) is 0.780. The molecule has 0 aromatic heterocycles.